The van der Waals surface area contributed by atoms with E-state index in [0.717, 1.165) is 28.2 Å². The normalized spacial score (nSPS) is 17.1. The summed E-state index contributed by atoms with van der Waals surface area (Å²) in [7, 11) is 0. The third-order valence-corrected chi connectivity index (χ3v) is 14.6. The van der Waals surface area contributed by atoms with Gasteiger partial charge >= 0.3 is 5.97 Å². The van der Waals surface area contributed by atoms with E-state index in [1.54, 1.807) is 50.2 Å². The number of fused-ring (bicyclic) bond motifs is 5. The highest BCUT2D eigenvalue weighted by atomic mass is 19.1. The summed E-state index contributed by atoms with van der Waals surface area (Å²) in [6, 6.07) is 10.1. The minimum Gasteiger partial charge on any atom is -0.454 e. The number of imide groups is 1. The molecule has 1 aliphatic carbocycles. The van der Waals surface area contributed by atoms with Gasteiger partial charge in [0.15, 0.2) is 0 Å². The summed E-state index contributed by atoms with van der Waals surface area (Å²) in [5.74, 6) is -4.76. The Kier molecular flexibility index (Phi) is 18.5. The molecule has 3 aliphatic heterocycles. The SMILES string of the molecule is CC[C@@]1([OH2+])C(=O)OCc2c1cc1n(c2=O)Cc2c-1nc1cc(F)c(C)c3c1c2[C@@H](NC(=O)CNC(=O)[C@H](Cc1ccccc1)NC(=O)CNC(=O)CCCCC(=O)CCOCCOCCNC(=O)CCN1C(=O)C=CC1=O)CC3. The lowest BCUT2D eigenvalue weighted by molar-refractivity contribution is -0.172. The van der Waals surface area contributed by atoms with Gasteiger partial charge in [0.2, 0.25) is 29.5 Å². The van der Waals surface area contributed by atoms with Crippen molar-refractivity contribution in [1.29, 1.82) is 0 Å². The predicted octanol–water partition coefficient (Wildman–Crippen LogP) is 1.31. The molecule has 23 heteroatoms. The number of esters is 1. The minimum atomic E-state index is -1.81. The number of carbonyl (C=O) groups is 9. The summed E-state index contributed by atoms with van der Waals surface area (Å²) in [5.41, 5.74) is 2.41. The Bertz CT molecular complexity index is 3160. The van der Waals surface area contributed by atoms with Crippen molar-refractivity contribution in [2.45, 2.75) is 109 Å². The lowest BCUT2D eigenvalue weighted by atomic mass is 9.81. The fourth-order valence-corrected chi connectivity index (χ4v) is 10.3. The lowest BCUT2D eigenvalue weighted by Gasteiger charge is -2.30. The van der Waals surface area contributed by atoms with Crippen LogP contribution in [0.1, 0.15) is 103 Å². The van der Waals surface area contributed by atoms with Crippen LogP contribution in [0.2, 0.25) is 0 Å². The number of aryl methyl sites for hydroxylation is 1. The first kappa shape index (κ1) is 57.2. The highest BCUT2D eigenvalue weighted by Crippen LogP contribution is 2.46. The molecule has 5 heterocycles. The van der Waals surface area contributed by atoms with Gasteiger partial charge in [0.25, 0.3) is 23.0 Å². The summed E-state index contributed by atoms with van der Waals surface area (Å²) < 4.78 is 33.1. The molecule has 3 atom stereocenters. The maximum absolute atomic E-state index is 15.5. The Hall–Kier alpha value is -8.02. The fourth-order valence-electron chi connectivity index (χ4n) is 10.3. The van der Waals surface area contributed by atoms with E-state index in [-0.39, 0.29) is 114 Å². The Balaban J connectivity index is 0.776. The van der Waals surface area contributed by atoms with Crippen molar-refractivity contribution in [1.82, 2.24) is 41.0 Å². The molecular formula is C56H64FN8O14+. The zero-order chi connectivity index (χ0) is 56.4. The number of carbonyl (C=O) groups excluding carboxylic acids is 9. The Morgan fingerprint density at radius 1 is 0.835 bits per heavy atom. The number of amides is 7. The van der Waals surface area contributed by atoms with E-state index >= 15 is 4.39 Å². The summed E-state index contributed by atoms with van der Waals surface area (Å²) in [5, 5.41) is 23.2. The van der Waals surface area contributed by atoms with Crippen LogP contribution in [0.4, 0.5) is 4.39 Å². The van der Waals surface area contributed by atoms with Gasteiger partial charge in [-0.15, -0.1) is 0 Å². The second-order valence-electron chi connectivity index (χ2n) is 19.8. The molecule has 79 heavy (non-hydrogen) atoms. The van der Waals surface area contributed by atoms with Crippen LogP contribution in [0.3, 0.4) is 0 Å². The van der Waals surface area contributed by atoms with Crippen molar-refractivity contribution < 1.29 is 66.9 Å². The number of hydrogen-bond donors (Lipinski definition) is 5. The van der Waals surface area contributed by atoms with Crippen LogP contribution in [0, 0.1) is 12.7 Å². The fraction of sp³-hybridized carbons (Fsp3) is 0.446. The summed E-state index contributed by atoms with van der Waals surface area (Å²) >= 11 is 0. The zero-order valence-electron chi connectivity index (χ0n) is 44.0. The number of ketones is 1. The molecular weight excluding hydrogens is 1030 g/mol. The van der Waals surface area contributed by atoms with E-state index in [2.05, 4.69) is 26.6 Å². The largest absolute Gasteiger partial charge is 0.454 e. The molecule has 0 bridgehead atoms. The predicted molar refractivity (Wildman–Crippen MR) is 281 cm³/mol. The van der Waals surface area contributed by atoms with Gasteiger partial charge in [-0.05, 0) is 60.9 Å². The zero-order valence-corrected chi connectivity index (χ0v) is 44.0. The molecule has 0 saturated carbocycles. The van der Waals surface area contributed by atoms with Crippen molar-refractivity contribution in [3.63, 3.8) is 0 Å². The monoisotopic (exact) mass is 1090 g/mol. The Labute approximate surface area is 453 Å². The maximum Gasteiger partial charge on any atom is 0.395 e. The number of nitrogens with one attached hydrogen (secondary N) is 5. The lowest BCUT2D eigenvalue weighted by Crippen LogP contribution is -2.52. The van der Waals surface area contributed by atoms with E-state index in [4.69, 9.17) is 24.3 Å². The number of cyclic esters (lactones) is 1. The number of hydrogen-bond acceptors (Lipinski definition) is 14. The van der Waals surface area contributed by atoms with Crippen molar-refractivity contribution in [3.8, 4) is 11.4 Å². The number of halogens is 1. The van der Waals surface area contributed by atoms with Crippen molar-refractivity contribution >= 4 is 64.0 Å². The number of aromatic nitrogens is 2. The molecule has 7 N–H and O–H groups in total. The number of ether oxygens (including phenoxy) is 3. The topological polar surface area (TPSA) is 302 Å². The second-order valence-corrected chi connectivity index (χ2v) is 19.8. The quantitative estimate of drug-likeness (QED) is 0.0215. The second kappa shape index (κ2) is 25.6. The van der Waals surface area contributed by atoms with Crippen molar-refractivity contribution in [3.05, 3.63) is 110 Å². The first-order valence-corrected chi connectivity index (χ1v) is 26.5. The molecule has 418 valence electrons. The molecule has 8 rings (SSSR count). The average molecular weight is 1090 g/mol. The number of unbranched alkanes of at least 4 members (excludes halogenated alkanes) is 1. The van der Waals surface area contributed by atoms with E-state index in [9.17, 15) is 47.9 Å². The molecule has 0 radical (unpaired) electrons. The molecule has 0 spiro atoms. The first-order chi connectivity index (χ1) is 38.0. The molecule has 2 aromatic carbocycles. The van der Waals surface area contributed by atoms with Crippen LogP contribution in [0.15, 0.2) is 59.4 Å². The smallest absolute Gasteiger partial charge is 0.395 e. The molecule has 4 aromatic rings. The molecule has 0 fully saturated rings. The van der Waals surface area contributed by atoms with Crippen molar-refractivity contribution in [2.75, 3.05) is 52.6 Å². The van der Waals surface area contributed by atoms with Crippen molar-refractivity contribution in [2.24, 2.45) is 0 Å². The van der Waals surface area contributed by atoms with Gasteiger partial charge in [0, 0.05) is 80.8 Å². The van der Waals surface area contributed by atoms with Crippen LogP contribution in [-0.4, -0.2) is 131 Å². The minimum absolute atomic E-state index is 0.00439. The highest BCUT2D eigenvalue weighted by molar-refractivity contribution is 6.13. The standard InChI is InChI=1S/C56H63FN8O14/c1-3-56(76)38-26-43-52-36(30-65(43)54(74)37(38)31-79-55(56)75)51-40(14-13-35-32(2)39(57)27-41(63-52)50(35)51)61-47(70)29-60-53(73)42(25-33-9-5-4-6-10-33)62-46(69)28-59-44(67)12-8-7-11-34(66)18-21-77-23-24-78-22-19-58-45(68)17-20-64-48(71)15-16-49(64)72/h4-6,9-10,15-16,26-27,40,42,76H,3,7-8,11-14,17-25,28-31H2,1-2H3,(H,58,68)(H,59,67)(H,60,73)(H,61,70)(H,62,69)/p+1/t40-,42-,56-/m0/s1. The van der Waals surface area contributed by atoms with Crippen LogP contribution >= 0.6 is 0 Å². The summed E-state index contributed by atoms with van der Waals surface area (Å²) in [4.78, 5) is 134. The highest BCUT2D eigenvalue weighted by Gasteiger charge is 2.50. The van der Waals surface area contributed by atoms with E-state index in [1.165, 1.54) is 10.6 Å². The molecule has 0 unspecified atom stereocenters. The number of nitrogens with zero attached hydrogens (tertiary/aromatic N) is 3. The van der Waals surface area contributed by atoms with Crippen LogP contribution < -0.4 is 32.1 Å². The van der Waals surface area contributed by atoms with Gasteiger partial charge in [-0.1, -0.05) is 37.3 Å². The Morgan fingerprint density at radius 2 is 1.54 bits per heavy atom. The van der Waals surface area contributed by atoms with Crippen LogP contribution in [0.5, 0.6) is 0 Å². The molecule has 4 aliphatic rings. The Morgan fingerprint density at radius 3 is 2.29 bits per heavy atom. The number of Topliss-reactive ketones (excluding diaryl/α,β-unsaturated/α-hetero) is 1. The van der Waals surface area contributed by atoms with Gasteiger partial charge in [-0.2, -0.15) is 0 Å². The molecule has 22 nitrogen and oxygen atoms in total. The number of pyridine rings is 2. The molecule has 7 amide bonds. The average Bonchev–Trinajstić information content (AvgIpc) is 2.78. The van der Waals surface area contributed by atoms with E-state index in [1.807, 2.05) is 0 Å². The van der Waals surface area contributed by atoms with Crippen LogP contribution in [-0.2, 0) is 89.0 Å². The van der Waals surface area contributed by atoms with Gasteiger partial charge in [0.05, 0.1) is 80.1 Å². The number of rotatable bonds is 27. The summed E-state index contributed by atoms with van der Waals surface area (Å²) in [6.07, 6.45) is 4.47. The van der Waals surface area contributed by atoms with E-state index in [0.29, 0.717) is 64.7 Å². The summed E-state index contributed by atoms with van der Waals surface area (Å²) in [6.45, 7) is 3.33. The van der Waals surface area contributed by atoms with Gasteiger partial charge in [-0.3, -0.25) is 48.1 Å². The third-order valence-electron chi connectivity index (χ3n) is 14.6. The maximum atomic E-state index is 15.5. The van der Waals surface area contributed by atoms with Crippen LogP contribution in [0.25, 0.3) is 22.3 Å². The third kappa shape index (κ3) is 13.3. The number of benzene rings is 2. The van der Waals surface area contributed by atoms with Gasteiger partial charge in [0.1, 0.15) is 24.2 Å². The van der Waals surface area contributed by atoms with Gasteiger partial charge < -0.3 is 50.5 Å². The first-order valence-electron chi connectivity index (χ1n) is 26.5. The van der Waals surface area contributed by atoms with Gasteiger partial charge in [-0.25, -0.2) is 14.2 Å². The molecule has 0 saturated heterocycles. The molecule has 2 aromatic heterocycles. The van der Waals surface area contributed by atoms with E-state index < -0.39 is 83.6 Å².